The normalized spacial score (nSPS) is 19.0. The van der Waals surface area contributed by atoms with E-state index in [9.17, 15) is 4.79 Å². The summed E-state index contributed by atoms with van der Waals surface area (Å²) in [6, 6.07) is 5.63. The molecule has 1 aliphatic rings. The number of ether oxygens (including phenoxy) is 1. The van der Waals surface area contributed by atoms with Crippen molar-refractivity contribution in [2.45, 2.75) is 19.4 Å². The van der Waals surface area contributed by atoms with Gasteiger partial charge in [-0.1, -0.05) is 11.6 Å². The third-order valence-electron chi connectivity index (χ3n) is 3.96. The first-order valence-electron chi connectivity index (χ1n) is 7.66. The summed E-state index contributed by atoms with van der Waals surface area (Å²) in [5.74, 6) is 0.970. The molecule has 1 fully saturated rings. The van der Waals surface area contributed by atoms with Gasteiger partial charge in [0.25, 0.3) is 0 Å². The molecule has 1 unspecified atom stereocenters. The number of benzene rings is 1. The molecule has 0 aliphatic carbocycles. The van der Waals surface area contributed by atoms with Crippen molar-refractivity contribution in [3.63, 3.8) is 0 Å². The van der Waals surface area contributed by atoms with E-state index in [4.69, 9.17) is 22.1 Å². The van der Waals surface area contributed by atoms with E-state index in [0.29, 0.717) is 18.1 Å². The Kier molecular flexibility index (Phi) is 6.49. The number of piperidine rings is 1. The first-order chi connectivity index (χ1) is 10.6. The standard InChI is InChI=1S/C16H24ClN3O2/c1-22-15-5-4-14(17)9-13(15)11-20-8-2-3-12(10-20)16(21)19-7-6-18/h4-5,9,12H,2-3,6-8,10-11,18H2,1H3,(H,19,21). The Labute approximate surface area is 136 Å². The maximum Gasteiger partial charge on any atom is 0.224 e. The van der Waals surface area contributed by atoms with Crippen LogP contribution in [0.25, 0.3) is 0 Å². The molecule has 3 N–H and O–H groups in total. The van der Waals surface area contributed by atoms with Crippen LogP contribution in [0.2, 0.25) is 5.02 Å². The molecule has 0 aromatic heterocycles. The van der Waals surface area contributed by atoms with Gasteiger partial charge in [0.2, 0.25) is 5.91 Å². The van der Waals surface area contributed by atoms with Crippen LogP contribution in [0.4, 0.5) is 0 Å². The van der Waals surface area contributed by atoms with Crippen molar-refractivity contribution in [1.29, 1.82) is 0 Å². The molecule has 0 bridgehead atoms. The van der Waals surface area contributed by atoms with Gasteiger partial charge in [0.05, 0.1) is 13.0 Å². The van der Waals surface area contributed by atoms with Gasteiger partial charge in [0.15, 0.2) is 0 Å². The van der Waals surface area contributed by atoms with Crippen LogP contribution < -0.4 is 15.8 Å². The Morgan fingerprint density at radius 2 is 2.36 bits per heavy atom. The van der Waals surface area contributed by atoms with Gasteiger partial charge in [-0.3, -0.25) is 9.69 Å². The van der Waals surface area contributed by atoms with Gasteiger partial charge in [-0.25, -0.2) is 0 Å². The molecule has 1 atom stereocenters. The Balaban J connectivity index is 1.98. The largest absolute Gasteiger partial charge is 0.496 e. The summed E-state index contributed by atoms with van der Waals surface area (Å²) in [5.41, 5.74) is 6.48. The van der Waals surface area contributed by atoms with E-state index in [0.717, 1.165) is 43.8 Å². The molecule has 1 aliphatic heterocycles. The minimum absolute atomic E-state index is 0.0329. The van der Waals surface area contributed by atoms with Crippen molar-refractivity contribution < 1.29 is 9.53 Å². The fourth-order valence-electron chi connectivity index (χ4n) is 2.86. The lowest BCUT2D eigenvalue weighted by Gasteiger charge is -2.32. The highest BCUT2D eigenvalue weighted by molar-refractivity contribution is 6.30. The summed E-state index contributed by atoms with van der Waals surface area (Å²) in [4.78, 5) is 14.4. The third kappa shape index (κ3) is 4.60. The summed E-state index contributed by atoms with van der Waals surface area (Å²) >= 11 is 6.08. The highest BCUT2D eigenvalue weighted by Gasteiger charge is 2.26. The van der Waals surface area contributed by atoms with Crippen LogP contribution in [-0.4, -0.2) is 44.1 Å². The maximum atomic E-state index is 12.1. The van der Waals surface area contributed by atoms with Crippen LogP contribution in [-0.2, 0) is 11.3 Å². The molecule has 6 heteroatoms. The zero-order valence-corrected chi connectivity index (χ0v) is 13.7. The molecular weight excluding hydrogens is 302 g/mol. The molecule has 5 nitrogen and oxygen atoms in total. The lowest BCUT2D eigenvalue weighted by atomic mass is 9.96. The number of methoxy groups -OCH3 is 1. The number of carbonyl (C=O) groups is 1. The van der Waals surface area contributed by atoms with Crippen LogP contribution in [0.3, 0.4) is 0 Å². The number of amides is 1. The highest BCUT2D eigenvalue weighted by Crippen LogP contribution is 2.26. The number of hydrogen-bond acceptors (Lipinski definition) is 4. The van der Waals surface area contributed by atoms with Crippen LogP contribution >= 0.6 is 11.6 Å². The zero-order valence-electron chi connectivity index (χ0n) is 13.0. The number of nitrogens with two attached hydrogens (primary N) is 1. The Morgan fingerprint density at radius 1 is 1.55 bits per heavy atom. The Hall–Kier alpha value is -1.30. The molecule has 1 aromatic carbocycles. The number of nitrogens with one attached hydrogen (secondary N) is 1. The van der Waals surface area contributed by atoms with Crippen LogP contribution in [0, 0.1) is 5.92 Å². The van der Waals surface area contributed by atoms with Gasteiger partial charge in [0.1, 0.15) is 5.75 Å². The molecule has 0 radical (unpaired) electrons. The zero-order chi connectivity index (χ0) is 15.9. The molecule has 1 heterocycles. The monoisotopic (exact) mass is 325 g/mol. The number of rotatable bonds is 6. The first kappa shape index (κ1) is 17.1. The highest BCUT2D eigenvalue weighted by atomic mass is 35.5. The Bertz CT molecular complexity index is 510. The average molecular weight is 326 g/mol. The molecule has 1 amide bonds. The number of carbonyl (C=O) groups excluding carboxylic acids is 1. The van der Waals surface area contributed by atoms with Crippen molar-refractivity contribution in [3.05, 3.63) is 28.8 Å². The van der Waals surface area contributed by atoms with Crippen molar-refractivity contribution in [2.75, 3.05) is 33.3 Å². The predicted molar refractivity (Wildman–Crippen MR) is 88.1 cm³/mol. The third-order valence-corrected chi connectivity index (χ3v) is 4.19. The van der Waals surface area contributed by atoms with Gasteiger partial charge in [-0.05, 0) is 37.6 Å². The van der Waals surface area contributed by atoms with Gasteiger partial charge < -0.3 is 15.8 Å². The summed E-state index contributed by atoms with van der Waals surface area (Å²) in [6.45, 7) is 3.49. The lowest BCUT2D eigenvalue weighted by molar-refractivity contribution is -0.126. The Morgan fingerprint density at radius 3 is 3.09 bits per heavy atom. The first-order valence-corrected chi connectivity index (χ1v) is 8.04. The minimum atomic E-state index is 0.0329. The molecule has 122 valence electrons. The van der Waals surface area contributed by atoms with Crippen LogP contribution in [0.5, 0.6) is 5.75 Å². The number of likely N-dealkylation sites (tertiary alicyclic amines) is 1. The van der Waals surface area contributed by atoms with E-state index in [1.807, 2.05) is 18.2 Å². The predicted octanol–water partition coefficient (Wildman–Crippen LogP) is 1.64. The summed E-state index contributed by atoms with van der Waals surface area (Å²) < 4.78 is 5.39. The fraction of sp³-hybridized carbons (Fsp3) is 0.562. The van der Waals surface area contributed by atoms with E-state index < -0.39 is 0 Å². The second-order valence-corrected chi connectivity index (χ2v) is 6.05. The molecule has 0 saturated carbocycles. The number of nitrogens with zero attached hydrogens (tertiary/aromatic N) is 1. The molecule has 0 spiro atoms. The van der Waals surface area contributed by atoms with E-state index in [-0.39, 0.29) is 11.8 Å². The lowest BCUT2D eigenvalue weighted by Crippen LogP contribution is -2.43. The van der Waals surface area contributed by atoms with Gasteiger partial charge >= 0.3 is 0 Å². The molecular formula is C16H24ClN3O2. The topological polar surface area (TPSA) is 67.6 Å². The second-order valence-electron chi connectivity index (χ2n) is 5.61. The number of halogens is 1. The minimum Gasteiger partial charge on any atom is -0.496 e. The smallest absolute Gasteiger partial charge is 0.224 e. The van der Waals surface area contributed by atoms with Crippen molar-refractivity contribution in [2.24, 2.45) is 11.7 Å². The van der Waals surface area contributed by atoms with Crippen molar-refractivity contribution in [1.82, 2.24) is 10.2 Å². The van der Waals surface area contributed by atoms with Gasteiger partial charge in [-0.15, -0.1) is 0 Å². The SMILES string of the molecule is COc1ccc(Cl)cc1CN1CCCC(C(=O)NCCN)C1. The number of hydrogen-bond donors (Lipinski definition) is 2. The van der Waals surface area contributed by atoms with Crippen LogP contribution in [0.1, 0.15) is 18.4 Å². The van der Waals surface area contributed by atoms with Crippen molar-refractivity contribution >= 4 is 17.5 Å². The second kappa shape index (κ2) is 8.36. The van der Waals surface area contributed by atoms with E-state index in [1.54, 1.807) is 7.11 Å². The quantitative estimate of drug-likeness (QED) is 0.834. The van der Waals surface area contributed by atoms with E-state index in [1.165, 1.54) is 0 Å². The molecule has 22 heavy (non-hydrogen) atoms. The van der Waals surface area contributed by atoms with Gasteiger partial charge in [0, 0.05) is 36.8 Å². The summed E-state index contributed by atoms with van der Waals surface area (Å²) in [5, 5.41) is 3.58. The molecule has 1 aromatic rings. The van der Waals surface area contributed by atoms with E-state index in [2.05, 4.69) is 10.2 Å². The average Bonchev–Trinajstić information content (AvgIpc) is 2.53. The molecule has 1 saturated heterocycles. The van der Waals surface area contributed by atoms with Crippen LogP contribution in [0.15, 0.2) is 18.2 Å². The summed E-state index contributed by atoms with van der Waals surface area (Å²) in [7, 11) is 1.66. The van der Waals surface area contributed by atoms with E-state index >= 15 is 0 Å². The molecule has 2 rings (SSSR count). The van der Waals surface area contributed by atoms with Crippen molar-refractivity contribution in [3.8, 4) is 5.75 Å². The summed E-state index contributed by atoms with van der Waals surface area (Å²) in [6.07, 6.45) is 1.95. The fourth-order valence-corrected chi connectivity index (χ4v) is 3.06. The maximum absolute atomic E-state index is 12.1. The van der Waals surface area contributed by atoms with Gasteiger partial charge in [-0.2, -0.15) is 0 Å².